The summed E-state index contributed by atoms with van der Waals surface area (Å²) < 4.78 is 5.76. The number of anilines is 1. The molecule has 1 fully saturated rings. The predicted molar refractivity (Wildman–Crippen MR) is 95.1 cm³/mol. The minimum Gasteiger partial charge on any atom is -0.477 e. The summed E-state index contributed by atoms with van der Waals surface area (Å²) in [5, 5.41) is 22.5. The monoisotopic (exact) mass is 354 g/mol. The van der Waals surface area contributed by atoms with Crippen LogP contribution >= 0.6 is 12.4 Å². The Morgan fingerprint density at radius 3 is 2.71 bits per heavy atom. The largest absolute Gasteiger partial charge is 0.477 e. The lowest BCUT2D eigenvalue weighted by Crippen LogP contribution is -2.44. The minimum absolute atomic E-state index is 0. The number of benzene rings is 1. The van der Waals surface area contributed by atoms with E-state index >= 15 is 0 Å². The molecule has 0 aliphatic carbocycles. The summed E-state index contributed by atoms with van der Waals surface area (Å²) in [6, 6.07) is 7.73. The van der Waals surface area contributed by atoms with Gasteiger partial charge in [0, 0.05) is 32.6 Å². The van der Waals surface area contributed by atoms with Crippen molar-refractivity contribution < 1.29 is 14.9 Å². The summed E-state index contributed by atoms with van der Waals surface area (Å²) in [4.78, 5) is 11.3. The van der Waals surface area contributed by atoms with Gasteiger partial charge in [0.1, 0.15) is 0 Å². The van der Waals surface area contributed by atoms with Gasteiger partial charge in [-0.2, -0.15) is 4.98 Å². The second kappa shape index (κ2) is 8.98. The van der Waals surface area contributed by atoms with E-state index in [1.54, 1.807) is 0 Å². The van der Waals surface area contributed by atoms with Crippen LogP contribution in [0.1, 0.15) is 6.42 Å². The molecule has 0 amide bonds. The molecule has 24 heavy (non-hydrogen) atoms. The Hall–Kier alpha value is -1.67. The van der Waals surface area contributed by atoms with Crippen LogP contribution in [-0.2, 0) is 0 Å². The molecule has 1 aliphatic rings. The number of hydrogen-bond acceptors (Lipinski definition) is 7. The van der Waals surface area contributed by atoms with E-state index in [0.717, 1.165) is 37.1 Å². The molecule has 3 N–H and O–H groups in total. The van der Waals surface area contributed by atoms with Crippen molar-refractivity contribution in [1.29, 1.82) is 0 Å². The SMILES string of the molecule is Cl.OCC(O)CCOc1nc(N2CCNCC2)nc2ccccc12. The zero-order valence-electron chi connectivity index (χ0n) is 13.4. The van der Waals surface area contributed by atoms with Crippen molar-refractivity contribution in [3.8, 4) is 5.88 Å². The normalized spacial score (nSPS) is 15.8. The van der Waals surface area contributed by atoms with Crippen LogP contribution in [0.3, 0.4) is 0 Å². The highest BCUT2D eigenvalue weighted by Gasteiger charge is 2.16. The van der Waals surface area contributed by atoms with Gasteiger partial charge in [-0.25, -0.2) is 4.98 Å². The molecule has 1 saturated heterocycles. The standard InChI is InChI=1S/C16H22N4O3.ClH/c21-11-12(22)5-10-23-15-13-3-1-2-4-14(13)18-16(19-15)20-8-6-17-7-9-20;/h1-4,12,17,21-22H,5-11H2;1H. The number of hydrogen-bond donors (Lipinski definition) is 3. The maximum atomic E-state index is 9.43. The van der Waals surface area contributed by atoms with Crippen LogP contribution in [-0.4, -0.2) is 65.7 Å². The minimum atomic E-state index is -0.768. The van der Waals surface area contributed by atoms with Crippen molar-refractivity contribution in [3.63, 3.8) is 0 Å². The number of aliphatic hydroxyl groups excluding tert-OH is 2. The van der Waals surface area contributed by atoms with E-state index in [1.165, 1.54) is 0 Å². The highest BCUT2D eigenvalue weighted by Crippen LogP contribution is 2.25. The molecule has 132 valence electrons. The second-order valence-corrected chi connectivity index (χ2v) is 5.56. The van der Waals surface area contributed by atoms with Crippen molar-refractivity contribution in [3.05, 3.63) is 24.3 Å². The zero-order valence-corrected chi connectivity index (χ0v) is 14.2. The average molecular weight is 355 g/mol. The first-order chi connectivity index (χ1) is 11.3. The molecular weight excluding hydrogens is 332 g/mol. The highest BCUT2D eigenvalue weighted by molar-refractivity contribution is 5.85. The van der Waals surface area contributed by atoms with E-state index in [0.29, 0.717) is 24.9 Å². The lowest BCUT2D eigenvalue weighted by Gasteiger charge is -2.27. The maximum absolute atomic E-state index is 9.43. The topological polar surface area (TPSA) is 90.7 Å². The lowest BCUT2D eigenvalue weighted by molar-refractivity contribution is 0.0750. The van der Waals surface area contributed by atoms with Crippen molar-refractivity contribution in [2.75, 3.05) is 44.3 Å². The summed E-state index contributed by atoms with van der Waals surface area (Å²) >= 11 is 0. The van der Waals surface area contributed by atoms with E-state index in [2.05, 4.69) is 20.2 Å². The first-order valence-electron chi connectivity index (χ1n) is 7.92. The van der Waals surface area contributed by atoms with Gasteiger partial charge >= 0.3 is 0 Å². The molecule has 3 rings (SSSR count). The fourth-order valence-corrected chi connectivity index (χ4v) is 2.53. The van der Waals surface area contributed by atoms with Crippen molar-refractivity contribution >= 4 is 29.3 Å². The highest BCUT2D eigenvalue weighted by atomic mass is 35.5. The van der Waals surface area contributed by atoms with Crippen LogP contribution in [0.15, 0.2) is 24.3 Å². The van der Waals surface area contributed by atoms with Gasteiger partial charge in [-0.1, -0.05) is 12.1 Å². The van der Waals surface area contributed by atoms with Gasteiger partial charge in [0.15, 0.2) is 0 Å². The number of fused-ring (bicyclic) bond motifs is 1. The van der Waals surface area contributed by atoms with Gasteiger partial charge < -0.3 is 25.2 Å². The fourth-order valence-electron chi connectivity index (χ4n) is 2.53. The molecule has 1 aromatic carbocycles. The maximum Gasteiger partial charge on any atom is 0.229 e. The molecule has 0 bridgehead atoms. The number of aromatic nitrogens is 2. The molecular formula is C16H23ClN4O3. The third kappa shape index (κ3) is 4.45. The van der Waals surface area contributed by atoms with Crippen molar-refractivity contribution in [2.24, 2.45) is 0 Å². The molecule has 0 radical (unpaired) electrons. The van der Waals surface area contributed by atoms with Gasteiger partial charge in [-0.3, -0.25) is 0 Å². The summed E-state index contributed by atoms with van der Waals surface area (Å²) in [7, 11) is 0. The predicted octanol–water partition coefficient (Wildman–Crippen LogP) is 0.583. The van der Waals surface area contributed by atoms with Crippen LogP contribution in [0.4, 0.5) is 5.95 Å². The van der Waals surface area contributed by atoms with Crippen LogP contribution in [0.2, 0.25) is 0 Å². The van der Waals surface area contributed by atoms with E-state index in [-0.39, 0.29) is 19.0 Å². The van der Waals surface area contributed by atoms with E-state index < -0.39 is 6.10 Å². The molecule has 2 aromatic rings. The van der Waals surface area contributed by atoms with E-state index in [9.17, 15) is 5.11 Å². The number of para-hydroxylation sites is 1. The Balaban J connectivity index is 0.00000208. The molecule has 2 heterocycles. The van der Waals surface area contributed by atoms with Crippen LogP contribution in [0.25, 0.3) is 10.9 Å². The number of piperazine rings is 1. The quantitative estimate of drug-likeness (QED) is 0.699. The average Bonchev–Trinajstić information content (AvgIpc) is 2.62. The Morgan fingerprint density at radius 1 is 1.21 bits per heavy atom. The van der Waals surface area contributed by atoms with Crippen LogP contribution < -0.4 is 15.0 Å². The fraction of sp³-hybridized carbons (Fsp3) is 0.500. The summed E-state index contributed by atoms with van der Waals surface area (Å²) in [5.41, 5.74) is 0.841. The van der Waals surface area contributed by atoms with Gasteiger partial charge in [0.05, 0.1) is 30.2 Å². The van der Waals surface area contributed by atoms with Crippen LogP contribution in [0, 0.1) is 0 Å². The molecule has 8 heteroatoms. The first kappa shape index (κ1) is 18.7. The molecule has 1 aromatic heterocycles. The molecule has 7 nitrogen and oxygen atoms in total. The van der Waals surface area contributed by atoms with Gasteiger partial charge in [0.2, 0.25) is 11.8 Å². The summed E-state index contributed by atoms with van der Waals surface area (Å²) in [5.74, 6) is 1.19. The van der Waals surface area contributed by atoms with Gasteiger partial charge in [0.25, 0.3) is 0 Å². The molecule has 0 spiro atoms. The lowest BCUT2D eigenvalue weighted by atomic mass is 10.2. The Bertz CT molecular complexity index is 652. The zero-order chi connectivity index (χ0) is 16.1. The Morgan fingerprint density at radius 2 is 1.96 bits per heavy atom. The number of nitrogens with zero attached hydrogens (tertiary/aromatic N) is 3. The number of nitrogens with one attached hydrogen (secondary N) is 1. The number of rotatable bonds is 6. The van der Waals surface area contributed by atoms with E-state index in [1.807, 2.05) is 24.3 Å². The molecule has 1 aliphatic heterocycles. The third-order valence-corrected chi connectivity index (χ3v) is 3.86. The Kier molecular flexibility index (Phi) is 6.99. The van der Waals surface area contributed by atoms with Gasteiger partial charge in [-0.05, 0) is 12.1 Å². The molecule has 1 unspecified atom stereocenters. The molecule has 0 saturated carbocycles. The number of aliphatic hydroxyl groups is 2. The van der Waals surface area contributed by atoms with Crippen LogP contribution in [0.5, 0.6) is 5.88 Å². The van der Waals surface area contributed by atoms with Gasteiger partial charge in [-0.15, -0.1) is 12.4 Å². The smallest absolute Gasteiger partial charge is 0.229 e. The van der Waals surface area contributed by atoms with Crippen molar-refractivity contribution in [1.82, 2.24) is 15.3 Å². The third-order valence-electron chi connectivity index (χ3n) is 3.86. The van der Waals surface area contributed by atoms with E-state index in [4.69, 9.17) is 9.84 Å². The Labute approximate surface area is 147 Å². The van der Waals surface area contributed by atoms with Crippen molar-refractivity contribution in [2.45, 2.75) is 12.5 Å². The number of ether oxygens (including phenoxy) is 1. The first-order valence-corrected chi connectivity index (χ1v) is 7.92. The number of halogens is 1. The second-order valence-electron chi connectivity index (χ2n) is 5.56. The molecule has 1 atom stereocenters. The summed E-state index contributed by atoms with van der Waals surface area (Å²) in [6.07, 6.45) is -0.409. The summed E-state index contributed by atoms with van der Waals surface area (Å²) in [6.45, 7) is 3.58.